The number of rotatable bonds is 7. The van der Waals surface area contributed by atoms with Gasteiger partial charge < -0.3 is 4.74 Å². The molecular weight excluding hydrogens is 451 g/mol. The van der Waals surface area contributed by atoms with Crippen LogP contribution in [0.25, 0.3) is 16.7 Å². The van der Waals surface area contributed by atoms with Gasteiger partial charge in [-0.2, -0.15) is 13.2 Å². The van der Waals surface area contributed by atoms with Crippen molar-refractivity contribution >= 4 is 22.6 Å². The molecule has 0 radical (unpaired) electrons. The first-order valence-corrected chi connectivity index (χ1v) is 10.5. The number of aryl methyl sites for hydroxylation is 1. The van der Waals surface area contributed by atoms with Crippen LogP contribution in [-0.2, 0) is 35.8 Å². The zero-order chi connectivity index (χ0) is 24.5. The van der Waals surface area contributed by atoms with Crippen LogP contribution in [-0.4, -0.2) is 43.2 Å². The van der Waals surface area contributed by atoms with Gasteiger partial charge in [-0.05, 0) is 36.8 Å². The molecule has 0 saturated carbocycles. The first kappa shape index (κ1) is 23.4. The second-order valence-electron chi connectivity index (χ2n) is 7.78. The highest BCUT2D eigenvalue weighted by Gasteiger charge is 2.30. The van der Waals surface area contributed by atoms with E-state index in [1.165, 1.54) is 16.7 Å². The lowest BCUT2D eigenvalue weighted by atomic mass is 10.1. The molecule has 0 spiro atoms. The van der Waals surface area contributed by atoms with Crippen LogP contribution in [0, 0.1) is 0 Å². The van der Waals surface area contributed by atoms with E-state index in [0.29, 0.717) is 28.1 Å². The monoisotopic (exact) mass is 473 g/mol. The van der Waals surface area contributed by atoms with E-state index in [1.807, 2.05) is 0 Å². The van der Waals surface area contributed by atoms with Gasteiger partial charge in [-0.25, -0.2) is 0 Å². The summed E-state index contributed by atoms with van der Waals surface area (Å²) < 4.78 is 46.9. The summed E-state index contributed by atoms with van der Waals surface area (Å²) in [5.41, 5.74) is 0.244. The second kappa shape index (κ2) is 9.26. The van der Waals surface area contributed by atoms with Gasteiger partial charge in [0.05, 0.1) is 36.2 Å². The number of aromatic nitrogens is 4. The fourth-order valence-corrected chi connectivity index (χ4v) is 3.81. The van der Waals surface area contributed by atoms with Crippen molar-refractivity contribution in [3.05, 3.63) is 75.8 Å². The third kappa shape index (κ3) is 4.65. The molecule has 2 aromatic heterocycles. The molecule has 0 unspecified atom stereocenters. The first-order valence-electron chi connectivity index (χ1n) is 10.5. The third-order valence-corrected chi connectivity index (χ3v) is 5.40. The van der Waals surface area contributed by atoms with Crippen LogP contribution in [0.4, 0.5) is 13.2 Å². The number of carbonyl (C=O) groups is 1. The number of esters is 1. The van der Waals surface area contributed by atoms with Crippen molar-refractivity contribution in [2.75, 3.05) is 13.2 Å². The van der Waals surface area contributed by atoms with Gasteiger partial charge in [0.15, 0.2) is 5.82 Å². The highest BCUT2D eigenvalue weighted by atomic mass is 19.4. The molecule has 0 atom stereocenters. The van der Waals surface area contributed by atoms with Crippen LogP contribution in [0.15, 0.2) is 53.3 Å². The number of benzene rings is 2. The number of fused-ring (bicyclic) bond motifs is 3. The minimum atomic E-state index is -4.43. The van der Waals surface area contributed by atoms with E-state index in [4.69, 9.17) is 4.74 Å². The molecule has 2 heterocycles. The van der Waals surface area contributed by atoms with Crippen LogP contribution < -0.4 is 5.56 Å². The molecule has 0 fully saturated rings. The Balaban J connectivity index is 1.70. The zero-order valence-electron chi connectivity index (χ0n) is 18.5. The molecule has 178 valence electrons. The molecule has 0 bridgehead atoms. The zero-order valence-corrected chi connectivity index (χ0v) is 18.5. The Labute approximate surface area is 192 Å². The van der Waals surface area contributed by atoms with Crippen molar-refractivity contribution in [2.45, 2.75) is 26.2 Å². The molecular formula is C23H22F3N5O3. The quantitative estimate of drug-likeness (QED) is 0.384. The molecule has 34 heavy (non-hydrogen) atoms. The molecule has 0 saturated heterocycles. The fourth-order valence-electron chi connectivity index (χ4n) is 3.81. The third-order valence-electron chi connectivity index (χ3n) is 5.40. The van der Waals surface area contributed by atoms with Gasteiger partial charge in [-0.15, -0.1) is 10.2 Å². The lowest BCUT2D eigenvalue weighted by Crippen LogP contribution is -2.31. The number of halogens is 3. The summed E-state index contributed by atoms with van der Waals surface area (Å²) in [7, 11) is 1.60. The summed E-state index contributed by atoms with van der Waals surface area (Å²) in [6.07, 6.45) is -4.43. The van der Waals surface area contributed by atoms with E-state index in [2.05, 4.69) is 10.2 Å². The molecule has 11 heteroatoms. The van der Waals surface area contributed by atoms with Gasteiger partial charge in [0.1, 0.15) is 0 Å². The maximum absolute atomic E-state index is 12.9. The Bertz CT molecular complexity index is 1390. The topological polar surface area (TPSA) is 81.7 Å². The molecule has 0 aliphatic carbocycles. The number of para-hydroxylation sites is 1. The average Bonchev–Trinajstić information content (AvgIpc) is 3.21. The van der Waals surface area contributed by atoms with Gasteiger partial charge in [0.25, 0.3) is 5.56 Å². The van der Waals surface area contributed by atoms with Crippen molar-refractivity contribution in [1.29, 1.82) is 0 Å². The van der Waals surface area contributed by atoms with Crippen LogP contribution in [0.1, 0.15) is 23.9 Å². The molecule has 8 nitrogen and oxygen atoms in total. The van der Waals surface area contributed by atoms with E-state index in [1.54, 1.807) is 47.5 Å². The summed E-state index contributed by atoms with van der Waals surface area (Å²) in [6.45, 7) is 2.11. The standard InChI is InChI=1S/C23H22F3N5O3/c1-3-34-20(32)14-30(12-15-8-10-16(11-9-15)23(24,25)26)13-19-27-28-22-29(2)21(33)17-6-4-5-7-18(17)31(19)22/h4-11H,3,12-14H2,1-2H3. The van der Waals surface area contributed by atoms with Crippen molar-refractivity contribution in [3.63, 3.8) is 0 Å². The van der Waals surface area contributed by atoms with Gasteiger partial charge in [-0.3, -0.25) is 23.5 Å². The summed E-state index contributed by atoms with van der Waals surface area (Å²) >= 11 is 0. The van der Waals surface area contributed by atoms with Crippen molar-refractivity contribution < 1.29 is 22.7 Å². The minimum Gasteiger partial charge on any atom is -0.465 e. The summed E-state index contributed by atoms with van der Waals surface area (Å²) in [4.78, 5) is 26.6. The first-order chi connectivity index (χ1) is 16.2. The molecule has 4 aromatic rings. The maximum Gasteiger partial charge on any atom is 0.416 e. The van der Waals surface area contributed by atoms with E-state index in [0.717, 1.165) is 12.1 Å². The number of hydrogen-bond donors (Lipinski definition) is 0. The number of carbonyl (C=O) groups excluding carboxylic acids is 1. The Morgan fingerprint density at radius 1 is 1.06 bits per heavy atom. The van der Waals surface area contributed by atoms with Gasteiger partial charge >= 0.3 is 12.1 Å². The summed E-state index contributed by atoms with van der Waals surface area (Å²) in [5.74, 6) is 0.336. The highest BCUT2D eigenvalue weighted by Crippen LogP contribution is 2.29. The van der Waals surface area contributed by atoms with Crippen LogP contribution in [0.3, 0.4) is 0 Å². The predicted molar refractivity (Wildman–Crippen MR) is 118 cm³/mol. The van der Waals surface area contributed by atoms with Gasteiger partial charge in [0, 0.05) is 13.6 Å². The Kier molecular flexibility index (Phi) is 6.38. The smallest absolute Gasteiger partial charge is 0.416 e. The summed E-state index contributed by atoms with van der Waals surface area (Å²) in [5, 5.41) is 8.88. The Morgan fingerprint density at radius 2 is 1.76 bits per heavy atom. The molecule has 0 N–H and O–H groups in total. The van der Waals surface area contributed by atoms with E-state index < -0.39 is 17.7 Å². The Morgan fingerprint density at radius 3 is 2.44 bits per heavy atom. The summed E-state index contributed by atoms with van der Waals surface area (Å²) in [6, 6.07) is 11.8. The van der Waals surface area contributed by atoms with Crippen LogP contribution in [0.5, 0.6) is 0 Å². The second-order valence-corrected chi connectivity index (χ2v) is 7.78. The molecule has 0 amide bonds. The number of nitrogens with zero attached hydrogens (tertiary/aromatic N) is 5. The lowest BCUT2D eigenvalue weighted by Gasteiger charge is -2.21. The van der Waals surface area contributed by atoms with E-state index in [9.17, 15) is 22.8 Å². The average molecular weight is 473 g/mol. The maximum atomic E-state index is 12.9. The van der Waals surface area contributed by atoms with Crippen LogP contribution >= 0.6 is 0 Å². The number of ether oxygens (including phenoxy) is 1. The van der Waals surface area contributed by atoms with Crippen molar-refractivity contribution in [1.82, 2.24) is 24.1 Å². The molecule has 4 rings (SSSR count). The van der Waals surface area contributed by atoms with Crippen molar-refractivity contribution in [3.8, 4) is 0 Å². The van der Waals surface area contributed by atoms with E-state index in [-0.39, 0.29) is 31.8 Å². The van der Waals surface area contributed by atoms with Gasteiger partial charge in [-0.1, -0.05) is 24.3 Å². The lowest BCUT2D eigenvalue weighted by molar-refractivity contribution is -0.144. The highest BCUT2D eigenvalue weighted by molar-refractivity contribution is 5.80. The largest absolute Gasteiger partial charge is 0.465 e. The predicted octanol–water partition coefficient (Wildman–Crippen LogP) is 3.17. The molecule has 0 aliphatic heterocycles. The van der Waals surface area contributed by atoms with Gasteiger partial charge in [0.2, 0.25) is 5.78 Å². The SMILES string of the molecule is CCOC(=O)CN(Cc1ccc(C(F)(F)F)cc1)Cc1nnc2n(C)c(=O)c3ccccc3n12. The molecule has 2 aromatic carbocycles. The number of alkyl halides is 3. The van der Waals surface area contributed by atoms with E-state index >= 15 is 0 Å². The molecule has 0 aliphatic rings. The fraction of sp³-hybridized carbons (Fsp3) is 0.304. The number of hydrogen-bond acceptors (Lipinski definition) is 6. The minimum absolute atomic E-state index is 0.104. The van der Waals surface area contributed by atoms with Crippen molar-refractivity contribution in [2.24, 2.45) is 7.05 Å². The van der Waals surface area contributed by atoms with Crippen LogP contribution in [0.2, 0.25) is 0 Å². The normalized spacial score (nSPS) is 12.1. The Hall–Kier alpha value is -3.73.